The Kier molecular flexibility index (Phi) is 5.73. The van der Waals surface area contributed by atoms with E-state index in [1.165, 1.54) is 19.3 Å². The molecule has 0 spiro atoms. The number of piperidine rings is 1. The summed E-state index contributed by atoms with van der Waals surface area (Å²) in [4.78, 5) is 14.0. The standard InChI is InChI=1S/C14H22N4O2/c1-20-11-5-8-15-14(19)12-6-7-13(17-16-12)18-9-3-2-4-10-18/h6-7H,2-5,8-11H2,1H3,(H,15,19). The fourth-order valence-corrected chi connectivity index (χ4v) is 2.25. The highest BCUT2D eigenvalue weighted by Crippen LogP contribution is 2.16. The van der Waals surface area contributed by atoms with E-state index < -0.39 is 0 Å². The van der Waals surface area contributed by atoms with Crippen molar-refractivity contribution in [3.63, 3.8) is 0 Å². The number of amides is 1. The van der Waals surface area contributed by atoms with Crippen molar-refractivity contribution in [2.75, 3.05) is 38.3 Å². The van der Waals surface area contributed by atoms with Crippen LogP contribution in [0.5, 0.6) is 0 Å². The van der Waals surface area contributed by atoms with E-state index in [4.69, 9.17) is 4.74 Å². The quantitative estimate of drug-likeness (QED) is 0.793. The lowest BCUT2D eigenvalue weighted by Crippen LogP contribution is -2.31. The Hall–Kier alpha value is -1.69. The molecule has 1 aromatic rings. The molecule has 0 radical (unpaired) electrons. The van der Waals surface area contributed by atoms with Gasteiger partial charge in [0.05, 0.1) is 0 Å². The molecule has 0 aliphatic carbocycles. The minimum atomic E-state index is -0.182. The van der Waals surface area contributed by atoms with Gasteiger partial charge in [-0.1, -0.05) is 0 Å². The first-order valence-electron chi connectivity index (χ1n) is 7.17. The molecule has 0 bridgehead atoms. The van der Waals surface area contributed by atoms with Gasteiger partial charge in [0.2, 0.25) is 0 Å². The fraction of sp³-hybridized carbons (Fsp3) is 0.643. The minimum Gasteiger partial charge on any atom is -0.385 e. The van der Waals surface area contributed by atoms with Crippen molar-refractivity contribution in [2.24, 2.45) is 0 Å². The van der Waals surface area contributed by atoms with Gasteiger partial charge in [-0.15, -0.1) is 10.2 Å². The molecule has 1 saturated heterocycles. The summed E-state index contributed by atoms with van der Waals surface area (Å²) in [5.74, 6) is 0.680. The summed E-state index contributed by atoms with van der Waals surface area (Å²) in [6, 6.07) is 3.62. The van der Waals surface area contributed by atoms with Crippen LogP contribution in [-0.2, 0) is 4.74 Å². The maximum atomic E-state index is 11.8. The molecule has 1 aromatic heterocycles. The smallest absolute Gasteiger partial charge is 0.271 e. The van der Waals surface area contributed by atoms with E-state index in [9.17, 15) is 4.79 Å². The van der Waals surface area contributed by atoms with Crippen LogP contribution < -0.4 is 10.2 Å². The number of carbonyl (C=O) groups is 1. The van der Waals surface area contributed by atoms with Crippen molar-refractivity contribution >= 4 is 11.7 Å². The highest BCUT2D eigenvalue weighted by atomic mass is 16.5. The fourth-order valence-electron chi connectivity index (χ4n) is 2.25. The van der Waals surface area contributed by atoms with Crippen molar-refractivity contribution in [3.8, 4) is 0 Å². The molecule has 0 atom stereocenters. The summed E-state index contributed by atoms with van der Waals surface area (Å²) >= 11 is 0. The SMILES string of the molecule is COCCCNC(=O)c1ccc(N2CCCCC2)nn1. The van der Waals surface area contributed by atoms with Gasteiger partial charge in [0.25, 0.3) is 5.91 Å². The molecule has 110 valence electrons. The number of nitrogens with zero attached hydrogens (tertiary/aromatic N) is 3. The third-order valence-electron chi connectivity index (χ3n) is 3.37. The maximum absolute atomic E-state index is 11.8. The van der Waals surface area contributed by atoms with Gasteiger partial charge in [0.15, 0.2) is 11.5 Å². The Morgan fingerprint density at radius 2 is 2.10 bits per heavy atom. The molecule has 0 aromatic carbocycles. The van der Waals surface area contributed by atoms with Crippen LogP contribution in [-0.4, -0.2) is 49.5 Å². The van der Waals surface area contributed by atoms with Gasteiger partial charge < -0.3 is 15.0 Å². The predicted octanol–water partition coefficient (Wildman–Crippen LogP) is 1.23. The lowest BCUT2D eigenvalue weighted by molar-refractivity contribution is 0.0942. The number of rotatable bonds is 6. The number of carbonyl (C=O) groups excluding carboxylic acids is 1. The summed E-state index contributed by atoms with van der Waals surface area (Å²) in [5, 5.41) is 11.0. The normalized spacial score (nSPS) is 15.2. The Bertz CT molecular complexity index is 416. The molecule has 1 N–H and O–H groups in total. The van der Waals surface area contributed by atoms with Crippen molar-refractivity contribution < 1.29 is 9.53 Å². The van der Waals surface area contributed by atoms with Gasteiger partial charge in [-0.05, 0) is 37.8 Å². The monoisotopic (exact) mass is 278 g/mol. The third-order valence-corrected chi connectivity index (χ3v) is 3.37. The lowest BCUT2D eigenvalue weighted by Gasteiger charge is -2.27. The van der Waals surface area contributed by atoms with Crippen LogP contribution in [0.2, 0.25) is 0 Å². The second-order valence-electron chi connectivity index (χ2n) is 4.93. The van der Waals surface area contributed by atoms with Crippen LogP contribution in [0.15, 0.2) is 12.1 Å². The highest BCUT2D eigenvalue weighted by molar-refractivity contribution is 5.92. The molecule has 6 heteroatoms. The zero-order chi connectivity index (χ0) is 14.2. The number of anilines is 1. The topological polar surface area (TPSA) is 67.3 Å². The van der Waals surface area contributed by atoms with Gasteiger partial charge in [-0.3, -0.25) is 4.79 Å². The maximum Gasteiger partial charge on any atom is 0.271 e. The van der Waals surface area contributed by atoms with Crippen molar-refractivity contribution in [1.29, 1.82) is 0 Å². The van der Waals surface area contributed by atoms with Crippen molar-refractivity contribution in [1.82, 2.24) is 15.5 Å². The molecular formula is C14H22N4O2. The van der Waals surface area contributed by atoms with Crippen molar-refractivity contribution in [2.45, 2.75) is 25.7 Å². The molecule has 1 aliphatic rings. The van der Waals surface area contributed by atoms with Crippen LogP contribution in [0.4, 0.5) is 5.82 Å². The van der Waals surface area contributed by atoms with E-state index in [2.05, 4.69) is 20.4 Å². The van der Waals surface area contributed by atoms with Crippen LogP contribution in [0, 0.1) is 0 Å². The summed E-state index contributed by atoms with van der Waals surface area (Å²) < 4.78 is 4.93. The van der Waals surface area contributed by atoms with Crippen LogP contribution in [0.1, 0.15) is 36.2 Å². The molecule has 6 nitrogen and oxygen atoms in total. The Labute approximate surface area is 119 Å². The molecule has 2 rings (SSSR count). The molecule has 1 fully saturated rings. The number of hydrogen-bond acceptors (Lipinski definition) is 5. The van der Waals surface area contributed by atoms with E-state index in [1.54, 1.807) is 13.2 Å². The number of aromatic nitrogens is 2. The summed E-state index contributed by atoms with van der Waals surface area (Å²) in [7, 11) is 1.65. The van der Waals surface area contributed by atoms with Crippen LogP contribution >= 0.6 is 0 Å². The van der Waals surface area contributed by atoms with Gasteiger partial charge in [-0.2, -0.15) is 0 Å². The number of ether oxygens (including phenoxy) is 1. The summed E-state index contributed by atoms with van der Waals surface area (Å²) in [6.07, 6.45) is 4.47. The average Bonchev–Trinajstić information content (AvgIpc) is 2.52. The van der Waals surface area contributed by atoms with E-state index in [-0.39, 0.29) is 5.91 Å². The first-order valence-corrected chi connectivity index (χ1v) is 7.17. The lowest BCUT2D eigenvalue weighted by atomic mass is 10.1. The molecule has 0 unspecified atom stereocenters. The first-order chi connectivity index (χ1) is 9.81. The Balaban J connectivity index is 1.85. The molecule has 20 heavy (non-hydrogen) atoms. The molecule has 1 amide bonds. The van der Waals surface area contributed by atoms with Gasteiger partial charge in [0.1, 0.15) is 0 Å². The summed E-state index contributed by atoms with van der Waals surface area (Å²) in [5.41, 5.74) is 0.364. The highest BCUT2D eigenvalue weighted by Gasteiger charge is 2.13. The van der Waals surface area contributed by atoms with Crippen LogP contribution in [0.25, 0.3) is 0 Å². The van der Waals surface area contributed by atoms with E-state index in [0.29, 0.717) is 18.8 Å². The Morgan fingerprint density at radius 1 is 1.30 bits per heavy atom. The van der Waals surface area contributed by atoms with E-state index in [1.807, 2.05) is 6.07 Å². The van der Waals surface area contributed by atoms with E-state index in [0.717, 1.165) is 25.3 Å². The minimum absolute atomic E-state index is 0.182. The largest absolute Gasteiger partial charge is 0.385 e. The molecule has 0 saturated carbocycles. The Morgan fingerprint density at radius 3 is 2.75 bits per heavy atom. The van der Waals surface area contributed by atoms with Gasteiger partial charge in [-0.25, -0.2) is 0 Å². The van der Waals surface area contributed by atoms with Crippen molar-refractivity contribution in [3.05, 3.63) is 17.8 Å². The van der Waals surface area contributed by atoms with E-state index >= 15 is 0 Å². The van der Waals surface area contributed by atoms with Crippen LogP contribution in [0.3, 0.4) is 0 Å². The zero-order valence-electron chi connectivity index (χ0n) is 12.0. The molecular weight excluding hydrogens is 256 g/mol. The first kappa shape index (κ1) is 14.7. The van der Waals surface area contributed by atoms with Gasteiger partial charge >= 0.3 is 0 Å². The predicted molar refractivity (Wildman–Crippen MR) is 76.9 cm³/mol. The number of nitrogens with one attached hydrogen (secondary N) is 1. The second kappa shape index (κ2) is 7.79. The average molecular weight is 278 g/mol. The zero-order valence-corrected chi connectivity index (χ0v) is 12.0. The van der Waals surface area contributed by atoms with Gasteiger partial charge in [0, 0.05) is 33.4 Å². The third kappa shape index (κ3) is 4.16. The number of methoxy groups -OCH3 is 1. The number of hydrogen-bond donors (Lipinski definition) is 1. The molecule has 2 heterocycles. The molecule has 1 aliphatic heterocycles. The summed E-state index contributed by atoms with van der Waals surface area (Å²) in [6.45, 7) is 3.27. The second-order valence-corrected chi connectivity index (χ2v) is 4.93.